The molecule has 2 heterocycles. The SMILES string of the molecule is CNC(=O)C1CN(C(=O)C2(c3ccc(C)cc3)CCOCC2)CCN1Cc1ccccc1. The van der Waals surface area contributed by atoms with E-state index in [1.807, 2.05) is 23.1 Å². The molecule has 1 atom stereocenters. The lowest BCUT2D eigenvalue weighted by molar-refractivity contribution is -0.146. The van der Waals surface area contributed by atoms with Crippen LogP contribution < -0.4 is 5.32 Å². The van der Waals surface area contributed by atoms with E-state index >= 15 is 0 Å². The van der Waals surface area contributed by atoms with Gasteiger partial charge < -0.3 is 15.0 Å². The molecule has 1 N–H and O–H groups in total. The monoisotopic (exact) mass is 435 g/mol. The summed E-state index contributed by atoms with van der Waals surface area (Å²) in [5.41, 5.74) is 2.82. The van der Waals surface area contributed by atoms with E-state index < -0.39 is 5.41 Å². The van der Waals surface area contributed by atoms with E-state index in [9.17, 15) is 9.59 Å². The largest absolute Gasteiger partial charge is 0.381 e. The van der Waals surface area contributed by atoms with Crippen LogP contribution in [-0.4, -0.2) is 67.6 Å². The molecule has 4 rings (SSSR count). The highest BCUT2D eigenvalue weighted by Crippen LogP contribution is 2.37. The Morgan fingerprint density at radius 1 is 1.03 bits per heavy atom. The Morgan fingerprint density at radius 3 is 2.38 bits per heavy atom. The molecule has 2 amide bonds. The first-order valence-electron chi connectivity index (χ1n) is 11.5. The molecule has 2 aromatic carbocycles. The molecule has 0 saturated carbocycles. The van der Waals surface area contributed by atoms with Gasteiger partial charge in [-0.3, -0.25) is 14.5 Å². The number of benzene rings is 2. The highest BCUT2D eigenvalue weighted by Gasteiger charge is 2.46. The standard InChI is InChI=1S/C26H33N3O3/c1-20-8-10-22(11-9-20)26(12-16-32-17-13-26)25(31)29-15-14-28(23(19-29)24(30)27-2)18-21-6-4-3-5-7-21/h3-11,23H,12-19H2,1-2H3,(H,27,30). The van der Waals surface area contributed by atoms with Gasteiger partial charge >= 0.3 is 0 Å². The number of carbonyl (C=O) groups is 2. The van der Waals surface area contributed by atoms with Gasteiger partial charge in [-0.25, -0.2) is 0 Å². The number of hydrogen-bond acceptors (Lipinski definition) is 4. The fourth-order valence-corrected chi connectivity index (χ4v) is 4.95. The van der Waals surface area contributed by atoms with E-state index in [4.69, 9.17) is 4.74 Å². The molecule has 6 nitrogen and oxygen atoms in total. The van der Waals surface area contributed by atoms with Gasteiger partial charge in [0, 0.05) is 46.4 Å². The maximum absolute atomic E-state index is 14.0. The van der Waals surface area contributed by atoms with Crippen LogP contribution in [-0.2, 0) is 26.3 Å². The summed E-state index contributed by atoms with van der Waals surface area (Å²) in [4.78, 5) is 30.9. The van der Waals surface area contributed by atoms with Gasteiger partial charge in [-0.05, 0) is 30.9 Å². The molecule has 2 fully saturated rings. The second kappa shape index (κ2) is 9.84. The number of nitrogens with zero attached hydrogens (tertiary/aromatic N) is 2. The molecule has 2 aliphatic rings. The van der Waals surface area contributed by atoms with E-state index in [2.05, 4.69) is 53.5 Å². The zero-order valence-corrected chi connectivity index (χ0v) is 19.0. The molecule has 1 unspecified atom stereocenters. The fraction of sp³-hybridized carbons (Fsp3) is 0.462. The molecule has 170 valence electrons. The van der Waals surface area contributed by atoms with Crippen molar-refractivity contribution in [3.05, 3.63) is 71.3 Å². The topological polar surface area (TPSA) is 61.9 Å². The Balaban J connectivity index is 1.57. The number of piperazine rings is 1. The molecule has 0 aliphatic carbocycles. The van der Waals surface area contributed by atoms with Crippen molar-refractivity contribution in [2.45, 2.75) is 37.8 Å². The first-order chi connectivity index (χ1) is 15.5. The summed E-state index contributed by atoms with van der Waals surface area (Å²) in [6.45, 7) is 5.59. The third kappa shape index (κ3) is 4.57. The number of rotatable bonds is 5. The minimum Gasteiger partial charge on any atom is -0.381 e. The molecular formula is C26H33N3O3. The summed E-state index contributed by atoms with van der Waals surface area (Å²) in [7, 11) is 1.66. The Kier molecular flexibility index (Phi) is 6.92. The lowest BCUT2D eigenvalue weighted by atomic mass is 9.72. The summed E-state index contributed by atoms with van der Waals surface area (Å²) in [6, 6.07) is 18.1. The third-order valence-electron chi connectivity index (χ3n) is 6.92. The van der Waals surface area contributed by atoms with Gasteiger partial charge in [-0.1, -0.05) is 60.2 Å². The minimum absolute atomic E-state index is 0.0465. The number of aryl methyl sites for hydroxylation is 1. The average molecular weight is 436 g/mol. The van der Waals surface area contributed by atoms with Crippen LogP contribution in [0.1, 0.15) is 29.5 Å². The summed E-state index contributed by atoms with van der Waals surface area (Å²) < 4.78 is 5.62. The van der Waals surface area contributed by atoms with E-state index in [1.165, 1.54) is 11.1 Å². The molecule has 6 heteroatoms. The highest BCUT2D eigenvalue weighted by molar-refractivity contribution is 5.90. The first-order valence-corrected chi connectivity index (χ1v) is 11.5. The predicted molar refractivity (Wildman–Crippen MR) is 124 cm³/mol. The lowest BCUT2D eigenvalue weighted by Crippen LogP contribution is -2.62. The summed E-state index contributed by atoms with van der Waals surface area (Å²) >= 11 is 0. The zero-order valence-electron chi connectivity index (χ0n) is 19.0. The van der Waals surface area contributed by atoms with Crippen molar-refractivity contribution in [1.29, 1.82) is 0 Å². The van der Waals surface area contributed by atoms with Crippen molar-refractivity contribution >= 4 is 11.8 Å². The van der Waals surface area contributed by atoms with E-state index in [0.29, 0.717) is 52.2 Å². The molecule has 2 aliphatic heterocycles. The molecule has 0 radical (unpaired) electrons. The average Bonchev–Trinajstić information content (AvgIpc) is 2.85. The van der Waals surface area contributed by atoms with Crippen molar-refractivity contribution in [2.75, 3.05) is 39.9 Å². The second-order valence-electron chi connectivity index (χ2n) is 8.90. The van der Waals surface area contributed by atoms with Gasteiger partial charge in [-0.2, -0.15) is 0 Å². The number of likely N-dealkylation sites (N-methyl/N-ethyl adjacent to an activating group) is 1. The van der Waals surface area contributed by atoms with Gasteiger partial charge in [0.2, 0.25) is 11.8 Å². The van der Waals surface area contributed by atoms with E-state index in [0.717, 1.165) is 5.56 Å². The quantitative estimate of drug-likeness (QED) is 0.784. The van der Waals surface area contributed by atoms with Crippen molar-refractivity contribution in [2.24, 2.45) is 0 Å². The Morgan fingerprint density at radius 2 is 1.72 bits per heavy atom. The predicted octanol–water partition coefficient (Wildman–Crippen LogP) is 2.50. The van der Waals surface area contributed by atoms with Crippen molar-refractivity contribution in [3.63, 3.8) is 0 Å². The van der Waals surface area contributed by atoms with Gasteiger partial charge in [0.15, 0.2) is 0 Å². The van der Waals surface area contributed by atoms with Crippen LogP contribution in [0.4, 0.5) is 0 Å². The van der Waals surface area contributed by atoms with Gasteiger partial charge in [0.05, 0.1) is 5.41 Å². The number of nitrogens with one attached hydrogen (secondary N) is 1. The Bertz CT molecular complexity index is 923. The Hall–Kier alpha value is -2.70. The van der Waals surface area contributed by atoms with E-state index in [-0.39, 0.29) is 17.9 Å². The maximum atomic E-state index is 14.0. The molecule has 0 aromatic heterocycles. The maximum Gasteiger partial charge on any atom is 0.238 e. The van der Waals surface area contributed by atoms with Crippen LogP contribution in [0.3, 0.4) is 0 Å². The molecule has 2 aromatic rings. The van der Waals surface area contributed by atoms with Crippen molar-refractivity contribution < 1.29 is 14.3 Å². The third-order valence-corrected chi connectivity index (χ3v) is 6.92. The fourth-order valence-electron chi connectivity index (χ4n) is 4.95. The van der Waals surface area contributed by atoms with Crippen LogP contribution in [0, 0.1) is 6.92 Å². The normalized spacial score (nSPS) is 21.2. The molecular weight excluding hydrogens is 402 g/mol. The van der Waals surface area contributed by atoms with E-state index in [1.54, 1.807) is 7.05 Å². The molecule has 2 saturated heterocycles. The van der Waals surface area contributed by atoms with Gasteiger partial charge in [0.25, 0.3) is 0 Å². The van der Waals surface area contributed by atoms with Crippen LogP contribution in [0.5, 0.6) is 0 Å². The summed E-state index contributed by atoms with van der Waals surface area (Å²) in [5, 5.41) is 2.80. The first kappa shape index (κ1) is 22.5. The summed E-state index contributed by atoms with van der Waals surface area (Å²) in [5.74, 6) is 0.0766. The van der Waals surface area contributed by atoms with Crippen molar-refractivity contribution in [1.82, 2.24) is 15.1 Å². The van der Waals surface area contributed by atoms with Gasteiger partial charge in [-0.15, -0.1) is 0 Å². The Labute approximate surface area is 190 Å². The molecule has 0 spiro atoms. The summed E-state index contributed by atoms with van der Waals surface area (Å²) in [6.07, 6.45) is 1.34. The van der Waals surface area contributed by atoms with Crippen LogP contribution >= 0.6 is 0 Å². The van der Waals surface area contributed by atoms with Gasteiger partial charge in [0.1, 0.15) is 6.04 Å². The van der Waals surface area contributed by atoms with Crippen LogP contribution in [0.15, 0.2) is 54.6 Å². The number of hydrogen-bond donors (Lipinski definition) is 1. The van der Waals surface area contributed by atoms with Crippen LogP contribution in [0.25, 0.3) is 0 Å². The van der Waals surface area contributed by atoms with Crippen molar-refractivity contribution in [3.8, 4) is 0 Å². The molecule has 32 heavy (non-hydrogen) atoms. The smallest absolute Gasteiger partial charge is 0.238 e. The minimum atomic E-state index is -0.583. The number of ether oxygens (including phenoxy) is 1. The van der Waals surface area contributed by atoms with Crippen LogP contribution in [0.2, 0.25) is 0 Å². The molecule has 0 bridgehead atoms. The lowest BCUT2D eigenvalue weighted by Gasteiger charge is -2.45. The second-order valence-corrected chi connectivity index (χ2v) is 8.90. The number of amides is 2. The number of carbonyl (C=O) groups excluding carboxylic acids is 2. The zero-order chi connectivity index (χ0) is 22.6. The highest BCUT2D eigenvalue weighted by atomic mass is 16.5.